The van der Waals surface area contributed by atoms with Gasteiger partial charge in [0.25, 0.3) is 5.79 Å². The molecule has 0 aromatic rings. The lowest BCUT2D eigenvalue weighted by Gasteiger charge is -2.60. The summed E-state index contributed by atoms with van der Waals surface area (Å²) in [5.74, 6) is -0.127. The van der Waals surface area contributed by atoms with Crippen LogP contribution < -0.4 is 0 Å². The average Bonchev–Trinajstić information content (AvgIpc) is 3.00. The smallest absolute Gasteiger partial charge is 0.312 e. The van der Waals surface area contributed by atoms with E-state index in [1.54, 1.807) is 0 Å². The minimum atomic E-state index is -1.08. The van der Waals surface area contributed by atoms with Crippen molar-refractivity contribution in [3.63, 3.8) is 0 Å². The van der Waals surface area contributed by atoms with Crippen LogP contribution >= 0.6 is 0 Å². The van der Waals surface area contributed by atoms with Crippen LogP contribution in [-0.2, 0) is 28.6 Å². The van der Waals surface area contributed by atoms with Crippen LogP contribution in [0.15, 0.2) is 0 Å². The fourth-order valence-corrected chi connectivity index (χ4v) is 8.18. The van der Waals surface area contributed by atoms with E-state index in [0.717, 1.165) is 31.1 Å². The largest absolute Gasteiger partial charge is 0.458 e. The molecule has 4 atom stereocenters. The molecule has 0 radical (unpaired) electrons. The Morgan fingerprint density at radius 3 is 2.30 bits per heavy atom. The van der Waals surface area contributed by atoms with Crippen molar-refractivity contribution in [1.82, 2.24) is 0 Å². The summed E-state index contributed by atoms with van der Waals surface area (Å²) in [5.41, 5.74) is -0.310. The Kier molecular flexibility index (Phi) is 6.01. The zero-order valence-electron chi connectivity index (χ0n) is 20.5. The number of rotatable bonds is 8. The molecule has 1 heterocycles. The van der Waals surface area contributed by atoms with Gasteiger partial charge in [0, 0.05) is 12.8 Å². The van der Waals surface area contributed by atoms with Gasteiger partial charge in [-0.15, -0.1) is 0 Å². The molecule has 6 bridgehead atoms. The lowest BCUT2D eigenvalue weighted by molar-refractivity contribution is -0.221. The molecule has 5 saturated carbocycles. The quantitative estimate of drug-likeness (QED) is 0.465. The zero-order valence-corrected chi connectivity index (χ0v) is 20.5. The summed E-state index contributed by atoms with van der Waals surface area (Å²) < 4.78 is 17.7. The molecule has 0 amide bonds. The average molecular weight is 461 g/mol. The van der Waals surface area contributed by atoms with Crippen LogP contribution in [-0.4, -0.2) is 29.3 Å². The maximum absolute atomic E-state index is 13.4. The molecule has 1 aliphatic heterocycles. The number of fused-ring (bicyclic) bond motifs is 2. The van der Waals surface area contributed by atoms with E-state index in [-0.39, 0.29) is 35.3 Å². The highest BCUT2D eigenvalue weighted by Crippen LogP contribution is 2.60. The molecular formula is C27H40O6. The van der Waals surface area contributed by atoms with Crippen LogP contribution in [0.4, 0.5) is 0 Å². The van der Waals surface area contributed by atoms with Crippen molar-refractivity contribution in [3.8, 4) is 0 Å². The molecular weight excluding hydrogens is 420 g/mol. The second-order valence-corrected chi connectivity index (χ2v) is 11.8. The summed E-state index contributed by atoms with van der Waals surface area (Å²) in [7, 11) is 0. The SMILES string of the molecule is CCC(CC(C)C(=O)OC12CCCC(C1)C(=O)O2)C(=O)OC1(CC)C2CC3CC(C2)CC1C3. The lowest BCUT2D eigenvalue weighted by atomic mass is 9.49. The zero-order chi connectivity index (χ0) is 23.4. The number of carbonyl (C=O) groups is 3. The van der Waals surface area contributed by atoms with E-state index in [4.69, 9.17) is 14.2 Å². The predicted octanol–water partition coefficient (Wildman–Crippen LogP) is 5.17. The first-order valence-corrected chi connectivity index (χ1v) is 13.5. The number of hydrogen-bond donors (Lipinski definition) is 0. The van der Waals surface area contributed by atoms with Crippen molar-refractivity contribution in [2.75, 3.05) is 0 Å². The molecule has 6 nitrogen and oxygen atoms in total. The minimum absolute atomic E-state index is 0.144. The standard InChI is InChI=1S/C27H40O6/c1-4-19(9-16(3)23(28)31-26-8-6-7-20(15-26)25(30)32-26)24(29)33-27(5-2)21-11-17-10-18(13-21)14-22(27)12-17/h16-22H,4-15H2,1-3H3. The van der Waals surface area contributed by atoms with Gasteiger partial charge in [0.05, 0.1) is 17.8 Å². The van der Waals surface area contributed by atoms with Gasteiger partial charge >= 0.3 is 17.9 Å². The number of hydrogen-bond acceptors (Lipinski definition) is 6. The Morgan fingerprint density at radius 2 is 1.70 bits per heavy atom. The van der Waals surface area contributed by atoms with Gasteiger partial charge < -0.3 is 14.2 Å². The molecule has 4 unspecified atom stereocenters. The summed E-state index contributed by atoms with van der Waals surface area (Å²) in [6, 6.07) is 0. The van der Waals surface area contributed by atoms with Crippen molar-refractivity contribution in [1.29, 1.82) is 0 Å². The van der Waals surface area contributed by atoms with Gasteiger partial charge in [-0.25, -0.2) is 0 Å². The summed E-state index contributed by atoms with van der Waals surface area (Å²) in [5, 5.41) is 0. The van der Waals surface area contributed by atoms with Crippen LogP contribution in [0.25, 0.3) is 0 Å². The lowest BCUT2D eigenvalue weighted by Crippen LogP contribution is -2.59. The van der Waals surface area contributed by atoms with E-state index in [1.165, 1.54) is 32.1 Å². The van der Waals surface area contributed by atoms with Crippen LogP contribution in [0.5, 0.6) is 0 Å². The maximum atomic E-state index is 13.4. The fraction of sp³-hybridized carbons (Fsp3) is 0.889. The Balaban J connectivity index is 1.21. The molecule has 0 spiro atoms. The fourth-order valence-electron chi connectivity index (χ4n) is 8.18. The van der Waals surface area contributed by atoms with Crippen molar-refractivity contribution in [3.05, 3.63) is 0 Å². The van der Waals surface area contributed by atoms with Gasteiger partial charge in [-0.2, -0.15) is 0 Å². The molecule has 0 aromatic heterocycles. The second-order valence-electron chi connectivity index (χ2n) is 11.8. The third-order valence-electron chi connectivity index (χ3n) is 9.80. The number of esters is 3. The molecule has 33 heavy (non-hydrogen) atoms. The van der Waals surface area contributed by atoms with Crippen molar-refractivity contribution in [2.24, 2.45) is 41.4 Å². The van der Waals surface area contributed by atoms with Crippen LogP contribution in [0.1, 0.15) is 97.8 Å². The molecule has 6 aliphatic rings. The van der Waals surface area contributed by atoms with E-state index in [1.807, 2.05) is 13.8 Å². The van der Waals surface area contributed by atoms with Crippen LogP contribution in [0.3, 0.4) is 0 Å². The van der Waals surface area contributed by atoms with E-state index in [0.29, 0.717) is 37.5 Å². The van der Waals surface area contributed by atoms with Crippen molar-refractivity contribution in [2.45, 2.75) is 109 Å². The van der Waals surface area contributed by atoms with E-state index in [2.05, 4.69) is 6.92 Å². The van der Waals surface area contributed by atoms with Crippen LogP contribution in [0, 0.1) is 41.4 Å². The Bertz CT molecular complexity index is 776. The first kappa shape index (κ1) is 23.2. The number of carbonyl (C=O) groups excluding carboxylic acids is 3. The van der Waals surface area contributed by atoms with Gasteiger partial charge in [-0.1, -0.05) is 20.8 Å². The van der Waals surface area contributed by atoms with Gasteiger partial charge in [0.2, 0.25) is 0 Å². The van der Waals surface area contributed by atoms with Gasteiger partial charge in [-0.05, 0) is 87.9 Å². The second kappa shape index (κ2) is 8.57. The highest BCUT2D eigenvalue weighted by Gasteiger charge is 2.59. The third-order valence-corrected chi connectivity index (χ3v) is 9.80. The maximum Gasteiger partial charge on any atom is 0.312 e. The molecule has 5 aliphatic carbocycles. The topological polar surface area (TPSA) is 78.9 Å². The Morgan fingerprint density at radius 1 is 1.03 bits per heavy atom. The molecule has 0 aromatic carbocycles. The van der Waals surface area contributed by atoms with Crippen LogP contribution in [0.2, 0.25) is 0 Å². The highest BCUT2D eigenvalue weighted by atomic mass is 16.7. The molecule has 6 fully saturated rings. The van der Waals surface area contributed by atoms with Gasteiger partial charge in [0.1, 0.15) is 5.60 Å². The van der Waals surface area contributed by atoms with Crippen molar-refractivity contribution < 1.29 is 28.6 Å². The van der Waals surface area contributed by atoms with E-state index in [9.17, 15) is 14.4 Å². The minimum Gasteiger partial charge on any atom is -0.458 e. The van der Waals surface area contributed by atoms with E-state index >= 15 is 0 Å². The normalized spacial score (nSPS) is 42.5. The molecule has 6 rings (SSSR count). The highest BCUT2D eigenvalue weighted by molar-refractivity contribution is 5.78. The molecule has 184 valence electrons. The molecule has 0 N–H and O–H groups in total. The van der Waals surface area contributed by atoms with Gasteiger partial charge in [-0.3, -0.25) is 14.4 Å². The number of ether oxygens (including phenoxy) is 3. The Labute approximate surface area is 197 Å². The van der Waals surface area contributed by atoms with Crippen molar-refractivity contribution >= 4 is 17.9 Å². The van der Waals surface area contributed by atoms with Gasteiger partial charge in [0.15, 0.2) is 0 Å². The predicted molar refractivity (Wildman–Crippen MR) is 121 cm³/mol. The third kappa shape index (κ3) is 3.99. The van der Waals surface area contributed by atoms with E-state index < -0.39 is 11.7 Å². The summed E-state index contributed by atoms with van der Waals surface area (Å²) in [6.07, 6.45) is 10.8. The first-order valence-electron chi connectivity index (χ1n) is 13.5. The summed E-state index contributed by atoms with van der Waals surface area (Å²) >= 11 is 0. The summed E-state index contributed by atoms with van der Waals surface area (Å²) in [4.78, 5) is 38.3. The Hall–Kier alpha value is -1.59. The molecule has 1 saturated heterocycles. The monoisotopic (exact) mass is 460 g/mol. The summed E-state index contributed by atoms with van der Waals surface area (Å²) in [6.45, 7) is 5.98. The molecule has 6 heteroatoms. The first-order chi connectivity index (χ1) is 15.8.